The van der Waals surface area contributed by atoms with Gasteiger partial charge in [-0.05, 0) is 51.4 Å². The number of nitro groups is 1. The van der Waals surface area contributed by atoms with Crippen LogP contribution in [0.15, 0.2) is 18.2 Å². The van der Waals surface area contributed by atoms with Crippen LogP contribution in [0.5, 0.6) is 0 Å². The number of aromatic nitrogens is 3. The number of hydrogen-bond donors (Lipinski definition) is 2. The number of amides is 1. The third kappa shape index (κ3) is 4.22. The van der Waals surface area contributed by atoms with E-state index in [0.29, 0.717) is 16.2 Å². The second-order valence-corrected chi connectivity index (χ2v) is 7.48. The SMILES string of the molecule is CC(C)n1c(CNC(=O)c2cc([N+](=O)[O-])ccc2N2CCCCC2)n[nH]c1=S. The van der Waals surface area contributed by atoms with E-state index in [2.05, 4.69) is 20.4 Å². The lowest BCUT2D eigenvalue weighted by Gasteiger charge is -2.30. The first-order valence-electron chi connectivity index (χ1n) is 9.36. The van der Waals surface area contributed by atoms with Gasteiger partial charge in [-0.1, -0.05) is 0 Å². The molecule has 0 aliphatic carbocycles. The largest absolute Gasteiger partial charge is 0.371 e. The Hall–Kier alpha value is -2.75. The van der Waals surface area contributed by atoms with Crippen LogP contribution in [0.25, 0.3) is 0 Å². The summed E-state index contributed by atoms with van der Waals surface area (Å²) in [6, 6.07) is 4.56. The maximum atomic E-state index is 12.9. The van der Waals surface area contributed by atoms with Crippen LogP contribution in [-0.2, 0) is 6.54 Å². The summed E-state index contributed by atoms with van der Waals surface area (Å²) in [5.74, 6) is 0.242. The number of anilines is 1. The molecule has 150 valence electrons. The molecule has 10 heteroatoms. The number of carbonyl (C=O) groups is 1. The standard InChI is InChI=1S/C18H24N6O3S/c1-12(2)23-16(20-21-18(23)28)11-19-17(25)14-10-13(24(26)27)6-7-15(14)22-8-4-3-5-9-22/h6-7,10,12H,3-5,8-9,11H2,1-2H3,(H,19,25)(H,21,28). The highest BCUT2D eigenvalue weighted by Gasteiger charge is 2.22. The molecule has 0 unspecified atom stereocenters. The van der Waals surface area contributed by atoms with Crippen molar-refractivity contribution in [3.63, 3.8) is 0 Å². The van der Waals surface area contributed by atoms with Gasteiger partial charge >= 0.3 is 0 Å². The molecule has 0 saturated carbocycles. The first-order valence-corrected chi connectivity index (χ1v) is 9.76. The van der Waals surface area contributed by atoms with E-state index in [1.165, 1.54) is 12.1 Å². The minimum atomic E-state index is -0.485. The van der Waals surface area contributed by atoms with Gasteiger partial charge in [-0.25, -0.2) is 0 Å². The molecule has 2 heterocycles. The number of non-ortho nitro benzene ring substituents is 1. The fraction of sp³-hybridized carbons (Fsp3) is 0.500. The number of aromatic amines is 1. The number of benzene rings is 1. The molecule has 2 N–H and O–H groups in total. The lowest BCUT2D eigenvalue weighted by atomic mass is 10.1. The molecule has 28 heavy (non-hydrogen) atoms. The van der Waals surface area contributed by atoms with Crippen LogP contribution in [0, 0.1) is 14.9 Å². The van der Waals surface area contributed by atoms with Gasteiger partial charge in [0.25, 0.3) is 11.6 Å². The molecule has 0 atom stereocenters. The summed E-state index contributed by atoms with van der Waals surface area (Å²) in [6.45, 7) is 5.80. The molecule has 9 nitrogen and oxygen atoms in total. The Balaban J connectivity index is 1.86. The molecule has 0 radical (unpaired) electrons. The summed E-state index contributed by atoms with van der Waals surface area (Å²) in [5.41, 5.74) is 0.933. The van der Waals surface area contributed by atoms with Crippen molar-refractivity contribution in [2.75, 3.05) is 18.0 Å². The summed E-state index contributed by atoms with van der Waals surface area (Å²) in [6.07, 6.45) is 3.24. The van der Waals surface area contributed by atoms with Gasteiger partial charge in [0.2, 0.25) is 0 Å². The summed E-state index contributed by atoms with van der Waals surface area (Å²) >= 11 is 5.22. The molecule has 1 aromatic carbocycles. The molecule has 0 bridgehead atoms. The molecule has 1 fully saturated rings. The molecular formula is C18H24N6O3S. The Bertz CT molecular complexity index is 930. The number of nitrogens with one attached hydrogen (secondary N) is 2. The third-order valence-corrected chi connectivity index (χ3v) is 5.12. The summed E-state index contributed by atoms with van der Waals surface area (Å²) in [5, 5.41) is 20.9. The Morgan fingerprint density at radius 3 is 2.71 bits per heavy atom. The highest BCUT2D eigenvalue weighted by molar-refractivity contribution is 7.71. The summed E-state index contributed by atoms with van der Waals surface area (Å²) in [7, 11) is 0. The highest BCUT2D eigenvalue weighted by atomic mass is 32.1. The van der Waals surface area contributed by atoms with Gasteiger partial charge in [-0.15, -0.1) is 0 Å². The van der Waals surface area contributed by atoms with Crippen molar-refractivity contribution < 1.29 is 9.72 Å². The van der Waals surface area contributed by atoms with Crippen LogP contribution in [0.3, 0.4) is 0 Å². The second kappa shape index (κ2) is 8.51. The lowest BCUT2D eigenvalue weighted by Crippen LogP contribution is -2.33. The van der Waals surface area contributed by atoms with Crippen LogP contribution in [0.2, 0.25) is 0 Å². The van der Waals surface area contributed by atoms with E-state index in [0.717, 1.165) is 38.0 Å². The van der Waals surface area contributed by atoms with Crippen molar-refractivity contribution in [3.05, 3.63) is 44.5 Å². The molecule has 0 spiro atoms. The van der Waals surface area contributed by atoms with Crippen molar-refractivity contribution in [2.24, 2.45) is 0 Å². The monoisotopic (exact) mass is 404 g/mol. The molecule has 1 aromatic heterocycles. The van der Waals surface area contributed by atoms with Gasteiger partial charge in [0.05, 0.1) is 22.7 Å². The van der Waals surface area contributed by atoms with E-state index >= 15 is 0 Å². The predicted molar refractivity (Wildman–Crippen MR) is 108 cm³/mol. The minimum absolute atomic E-state index is 0.0971. The zero-order valence-electron chi connectivity index (χ0n) is 16.0. The van der Waals surface area contributed by atoms with Crippen LogP contribution in [0.1, 0.15) is 55.3 Å². The number of H-pyrrole nitrogens is 1. The van der Waals surface area contributed by atoms with Gasteiger partial charge < -0.3 is 14.8 Å². The molecular weight excluding hydrogens is 380 g/mol. The van der Waals surface area contributed by atoms with Crippen molar-refractivity contribution in [2.45, 2.75) is 45.7 Å². The Labute approximate surface area is 167 Å². The summed E-state index contributed by atoms with van der Waals surface area (Å²) in [4.78, 5) is 25.7. The molecule has 2 aromatic rings. The number of piperidine rings is 1. The topological polar surface area (TPSA) is 109 Å². The quantitative estimate of drug-likeness (QED) is 0.434. The van der Waals surface area contributed by atoms with Gasteiger partial charge in [0.15, 0.2) is 10.6 Å². The van der Waals surface area contributed by atoms with E-state index in [1.54, 1.807) is 6.07 Å². The van der Waals surface area contributed by atoms with Crippen LogP contribution >= 0.6 is 12.2 Å². The first-order chi connectivity index (χ1) is 13.4. The number of nitro benzene ring substituents is 1. The van der Waals surface area contributed by atoms with Gasteiger partial charge in [-0.3, -0.25) is 20.0 Å². The molecule has 3 rings (SSSR count). The fourth-order valence-corrected chi connectivity index (χ4v) is 3.84. The van der Waals surface area contributed by atoms with E-state index in [-0.39, 0.29) is 24.2 Å². The van der Waals surface area contributed by atoms with Crippen molar-refractivity contribution in [1.29, 1.82) is 0 Å². The van der Waals surface area contributed by atoms with Crippen molar-refractivity contribution in [1.82, 2.24) is 20.1 Å². The number of carbonyl (C=O) groups excluding carboxylic acids is 1. The third-order valence-electron chi connectivity index (χ3n) is 4.83. The highest BCUT2D eigenvalue weighted by Crippen LogP contribution is 2.28. The van der Waals surface area contributed by atoms with E-state index < -0.39 is 4.92 Å². The Kier molecular flexibility index (Phi) is 6.08. The molecule has 1 aliphatic heterocycles. The van der Waals surface area contributed by atoms with Gasteiger partial charge in [-0.2, -0.15) is 5.10 Å². The summed E-state index contributed by atoms with van der Waals surface area (Å²) < 4.78 is 2.32. The number of nitrogens with zero attached hydrogens (tertiary/aromatic N) is 4. The number of hydrogen-bond acceptors (Lipinski definition) is 6. The molecule has 1 aliphatic rings. The lowest BCUT2D eigenvalue weighted by molar-refractivity contribution is -0.384. The van der Waals surface area contributed by atoms with E-state index in [9.17, 15) is 14.9 Å². The Morgan fingerprint density at radius 2 is 2.07 bits per heavy atom. The zero-order valence-corrected chi connectivity index (χ0v) is 16.8. The number of rotatable bonds is 6. The molecule has 1 amide bonds. The van der Waals surface area contributed by atoms with Crippen molar-refractivity contribution in [3.8, 4) is 0 Å². The van der Waals surface area contributed by atoms with Gasteiger partial charge in [0, 0.05) is 31.3 Å². The smallest absolute Gasteiger partial charge is 0.270 e. The van der Waals surface area contributed by atoms with E-state index in [4.69, 9.17) is 12.2 Å². The molecule has 1 saturated heterocycles. The van der Waals surface area contributed by atoms with Crippen LogP contribution in [0.4, 0.5) is 11.4 Å². The maximum absolute atomic E-state index is 12.9. The zero-order chi connectivity index (χ0) is 20.3. The fourth-order valence-electron chi connectivity index (χ4n) is 3.48. The minimum Gasteiger partial charge on any atom is -0.371 e. The predicted octanol–water partition coefficient (Wildman–Crippen LogP) is 3.35. The van der Waals surface area contributed by atoms with Crippen LogP contribution < -0.4 is 10.2 Å². The van der Waals surface area contributed by atoms with Crippen molar-refractivity contribution >= 4 is 29.5 Å². The van der Waals surface area contributed by atoms with Gasteiger partial charge in [0.1, 0.15) is 0 Å². The first kappa shape index (κ1) is 20.0. The average Bonchev–Trinajstić information content (AvgIpc) is 3.07. The second-order valence-electron chi connectivity index (χ2n) is 7.10. The normalized spacial score (nSPS) is 14.3. The maximum Gasteiger partial charge on any atom is 0.270 e. The van der Waals surface area contributed by atoms with Crippen LogP contribution in [-0.4, -0.2) is 38.7 Å². The average molecular weight is 404 g/mol. The Morgan fingerprint density at radius 1 is 1.36 bits per heavy atom. The van der Waals surface area contributed by atoms with E-state index in [1.807, 2.05) is 18.4 Å².